The second-order valence-electron chi connectivity index (χ2n) is 11.9. The van der Waals surface area contributed by atoms with Gasteiger partial charge >= 0.3 is 17.9 Å². The van der Waals surface area contributed by atoms with Crippen molar-refractivity contribution in [1.29, 1.82) is 0 Å². The number of benzene rings is 1. The molecular formula is C30H35NO9. The van der Waals surface area contributed by atoms with Crippen LogP contribution < -0.4 is 0 Å². The van der Waals surface area contributed by atoms with E-state index in [1.54, 1.807) is 70.2 Å². The number of nitrogens with zero attached hydrogens (tertiary/aromatic N) is 1. The van der Waals surface area contributed by atoms with E-state index in [0.717, 1.165) is 0 Å². The molecule has 2 saturated carbocycles. The molecule has 1 saturated heterocycles. The maximum absolute atomic E-state index is 13.4. The highest BCUT2D eigenvalue weighted by Crippen LogP contribution is 2.68. The van der Waals surface area contributed by atoms with E-state index in [-0.39, 0.29) is 18.4 Å². The fourth-order valence-corrected chi connectivity index (χ4v) is 7.38. The van der Waals surface area contributed by atoms with Crippen molar-refractivity contribution in [2.24, 2.45) is 11.3 Å². The van der Waals surface area contributed by atoms with Crippen LogP contribution in [0.25, 0.3) is 0 Å². The number of aromatic nitrogens is 1. The lowest BCUT2D eigenvalue weighted by molar-refractivity contribution is -0.334. The molecule has 10 heteroatoms. The quantitative estimate of drug-likeness (QED) is 0.419. The lowest BCUT2D eigenvalue weighted by atomic mass is 9.47. The van der Waals surface area contributed by atoms with Gasteiger partial charge in [0, 0.05) is 19.3 Å². The van der Waals surface area contributed by atoms with Gasteiger partial charge in [-0.25, -0.2) is 9.59 Å². The van der Waals surface area contributed by atoms with Crippen molar-refractivity contribution < 1.29 is 43.5 Å². The van der Waals surface area contributed by atoms with Gasteiger partial charge in [-0.05, 0) is 64.8 Å². The minimum Gasteiger partial charge on any atom is -0.459 e. The van der Waals surface area contributed by atoms with Crippen molar-refractivity contribution >= 4 is 17.9 Å². The Morgan fingerprint density at radius 3 is 2.20 bits per heavy atom. The van der Waals surface area contributed by atoms with Crippen LogP contribution in [-0.2, 0) is 23.7 Å². The maximum atomic E-state index is 13.4. The van der Waals surface area contributed by atoms with Gasteiger partial charge in [0.15, 0.2) is 0 Å². The minimum atomic E-state index is -1.74. The summed E-state index contributed by atoms with van der Waals surface area (Å²) in [5.74, 6) is -2.91. The summed E-state index contributed by atoms with van der Waals surface area (Å²) >= 11 is 0. The molecule has 1 spiro atoms. The highest BCUT2D eigenvalue weighted by Gasteiger charge is 2.84. The molecule has 214 valence electrons. The summed E-state index contributed by atoms with van der Waals surface area (Å²) in [6.45, 7) is 7.91. The summed E-state index contributed by atoms with van der Waals surface area (Å²) < 4.78 is 24.7. The molecule has 40 heavy (non-hydrogen) atoms. The van der Waals surface area contributed by atoms with E-state index in [2.05, 4.69) is 4.98 Å². The fourth-order valence-electron chi connectivity index (χ4n) is 7.38. The Kier molecular flexibility index (Phi) is 6.80. The number of aliphatic hydroxyl groups excluding tert-OH is 1. The summed E-state index contributed by atoms with van der Waals surface area (Å²) in [5.41, 5.74) is -5.60. The topological polar surface area (TPSA) is 141 Å². The van der Waals surface area contributed by atoms with Gasteiger partial charge in [-0.1, -0.05) is 18.2 Å². The molecule has 2 aliphatic carbocycles. The molecule has 2 aromatic rings. The van der Waals surface area contributed by atoms with Gasteiger partial charge in [-0.15, -0.1) is 0 Å². The first-order valence-corrected chi connectivity index (χ1v) is 13.4. The lowest BCUT2D eigenvalue weighted by Gasteiger charge is -2.64. The number of esters is 3. The average Bonchev–Trinajstić information content (AvgIpc) is 3.13. The van der Waals surface area contributed by atoms with E-state index in [0.29, 0.717) is 5.56 Å². The zero-order chi connectivity index (χ0) is 29.1. The number of pyridine rings is 1. The van der Waals surface area contributed by atoms with Gasteiger partial charge in [0.05, 0.1) is 33.7 Å². The molecule has 8 atom stereocenters. The molecule has 2 bridgehead atoms. The van der Waals surface area contributed by atoms with Crippen LogP contribution in [0.1, 0.15) is 68.2 Å². The number of aliphatic hydroxyl groups is 2. The van der Waals surface area contributed by atoms with Crippen molar-refractivity contribution in [3.63, 3.8) is 0 Å². The van der Waals surface area contributed by atoms with E-state index in [1.807, 2.05) is 0 Å². The summed E-state index contributed by atoms with van der Waals surface area (Å²) in [4.78, 5) is 43.1. The van der Waals surface area contributed by atoms with Gasteiger partial charge in [-0.3, -0.25) is 9.78 Å². The third-order valence-electron chi connectivity index (χ3n) is 9.07. The largest absolute Gasteiger partial charge is 0.459 e. The van der Waals surface area contributed by atoms with Gasteiger partial charge in [0.2, 0.25) is 0 Å². The summed E-state index contributed by atoms with van der Waals surface area (Å²) in [6.07, 6.45) is -1.67. The molecule has 0 amide bonds. The molecular weight excluding hydrogens is 518 g/mol. The second kappa shape index (κ2) is 9.64. The third kappa shape index (κ3) is 4.03. The first-order chi connectivity index (χ1) is 18.8. The Bertz CT molecular complexity index is 1300. The number of carbonyl (C=O) groups excluding carboxylic acids is 3. The van der Waals surface area contributed by atoms with Crippen LogP contribution in [0.15, 0.2) is 54.9 Å². The van der Waals surface area contributed by atoms with Crippen LogP contribution in [0.5, 0.6) is 0 Å². The third-order valence-corrected chi connectivity index (χ3v) is 9.07. The normalized spacial score (nSPS) is 37.6. The average molecular weight is 554 g/mol. The molecule has 3 aliphatic rings. The van der Waals surface area contributed by atoms with Crippen molar-refractivity contribution in [3.8, 4) is 0 Å². The molecule has 8 unspecified atom stereocenters. The zero-order valence-corrected chi connectivity index (χ0v) is 23.2. The van der Waals surface area contributed by atoms with Crippen molar-refractivity contribution in [2.45, 2.75) is 88.7 Å². The monoisotopic (exact) mass is 553 g/mol. The van der Waals surface area contributed by atoms with Crippen LogP contribution in [0.3, 0.4) is 0 Å². The number of ether oxygens (including phenoxy) is 4. The predicted molar refractivity (Wildman–Crippen MR) is 140 cm³/mol. The molecule has 2 heterocycles. The first kappa shape index (κ1) is 28.2. The van der Waals surface area contributed by atoms with Gasteiger partial charge in [0.25, 0.3) is 0 Å². The highest BCUT2D eigenvalue weighted by molar-refractivity contribution is 5.90. The number of rotatable bonds is 5. The predicted octanol–water partition coefficient (Wildman–Crippen LogP) is 2.85. The standard InChI is InChI=1S/C30H35NO9/c1-17(32)37-24-22(33)21-23(39-26(35)19-12-9-15-31-16-19)30(40-27(21,2)3)28(4,36)14-13-20(29(24,30)5)38-25(34)18-10-7-6-8-11-18/h6-12,15-16,20-24,33,36H,13-14H2,1-5H3. The Balaban J connectivity index is 1.67. The van der Waals surface area contributed by atoms with Crippen molar-refractivity contribution in [2.75, 3.05) is 0 Å². The SMILES string of the molecule is CC(=O)OC1C(O)C2C(OC(=O)c3cccnc3)C3(OC2(C)C)C(C)(O)CCC(OC(=O)c2ccccc2)C13C. The number of fused-ring (bicyclic) bond motifs is 1. The van der Waals surface area contributed by atoms with Gasteiger partial charge in [-0.2, -0.15) is 0 Å². The number of hydrogen-bond donors (Lipinski definition) is 2. The van der Waals surface area contributed by atoms with Crippen LogP contribution in [0.2, 0.25) is 0 Å². The Hall–Kier alpha value is -3.34. The molecule has 1 aliphatic heterocycles. The number of hydrogen-bond acceptors (Lipinski definition) is 10. The fraction of sp³-hybridized carbons (Fsp3) is 0.533. The first-order valence-electron chi connectivity index (χ1n) is 13.4. The lowest BCUT2D eigenvalue weighted by Crippen LogP contribution is -2.81. The molecule has 0 radical (unpaired) electrons. The summed E-state index contributed by atoms with van der Waals surface area (Å²) in [6, 6.07) is 11.6. The second-order valence-corrected chi connectivity index (χ2v) is 11.9. The molecule has 10 nitrogen and oxygen atoms in total. The van der Waals surface area contributed by atoms with Crippen LogP contribution in [-0.4, -0.2) is 74.3 Å². The Labute approximate surface area is 232 Å². The van der Waals surface area contributed by atoms with Crippen molar-refractivity contribution in [1.82, 2.24) is 4.98 Å². The van der Waals surface area contributed by atoms with Crippen molar-refractivity contribution in [3.05, 3.63) is 66.0 Å². The van der Waals surface area contributed by atoms with E-state index in [9.17, 15) is 24.6 Å². The van der Waals surface area contributed by atoms with Gasteiger partial charge < -0.3 is 29.2 Å². The summed E-state index contributed by atoms with van der Waals surface area (Å²) in [5, 5.41) is 24.0. The van der Waals surface area contributed by atoms with E-state index in [4.69, 9.17) is 18.9 Å². The van der Waals surface area contributed by atoms with E-state index >= 15 is 0 Å². The molecule has 1 aromatic heterocycles. The summed E-state index contributed by atoms with van der Waals surface area (Å²) in [7, 11) is 0. The molecule has 3 fully saturated rings. The molecule has 5 rings (SSSR count). The minimum absolute atomic E-state index is 0.113. The number of carbonyl (C=O) groups is 3. The maximum Gasteiger partial charge on any atom is 0.340 e. The molecule has 2 N–H and O–H groups in total. The van der Waals surface area contributed by atoms with Crippen LogP contribution in [0, 0.1) is 11.3 Å². The molecule has 1 aromatic carbocycles. The zero-order valence-electron chi connectivity index (χ0n) is 23.2. The smallest absolute Gasteiger partial charge is 0.340 e. The van der Waals surface area contributed by atoms with Crippen LogP contribution in [0.4, 0.5) is 0 Å². The van der Waals surface area contributed by atoms with Gasteiger partial charge in [0.1, 0.15) is 30.0 Å². The highest BCUT2D eigenvalue weighted by atomic mass is 16.6. The van der Waals surface area contributed by atoms with Crippen LogP contribution >= 0.6 is 0 Å². The Morgan fingerprint density at radius 2 is 1.57 bits per heavy atom. The van der Waals surface area contributed by atoms with E-state index in [1.165, 1.54) is 19.3 Å². The Morgan fingerprint density at radius 1 is 0.925 bits per heavy atom. The van der Waals surface area contributed by atoms with E-state index < -0.39 is 70.5 Å².